The molecule has 0 saturated carbocycles. The molecule has 0 bridgehead atoms. The van der Waals surface area contributed by atoms with E-state index in [-0.39, 0.29) is 10.9 Å². The van der Waals surface area contributed by atoms with Gasteiger partial charge in [0, 0.05) is 18.8 Å². The summed E-state index contributed by atoms with van der Waals surface area (Å²) in [5.41, 5.74) is 2.39. The molecule has 0 spiro atoms. The molecule has 1 aliphatic heterocycles. The Morgan fingerprint density at radius 2 is 2.26 bits per heavy atom. The number of hydrogen-bond donors (Lipinski definition) is 2. The van der Waals surface area contributed by atoms with Crippen LogP contribution in [-0.2, 0) is 10.0 Å². The second-order valence-corrected chi connectivity index (χ2v) is 6.59. The van der Waals surface area contributed by atoms with Gasteiger partial charge in [-0.1, -0.05) is 13.3 Å². The molecular weight excluding hydrogens is 264 g/mol. The van der Waals surface area contributed by atoms with Crippen LogP contribution in [0.25, 0.3) is 0 Å². The number of sulfonamides is 1. The first-order chi connectivity index (χ1) is 9.09. The largest absolute Gasteiger partial charge is 0.308 e. The molecule has 2 rings (SSSR count). The average Bonchev–Trinajstić information content (AvgIpc) is 2.47. The van der Waals surface area contributed by atoms with Crippen molar-refractivity contribution in [2.75, 3.05) is 12.0 Å². The first-order valence-corrected chi connectivity index (χ1v) is 7.98. The Kier molecular flexibility index (Phi) is 4.38. The minimum absolute atomic E-state index is 0.103. The maximum Gasteiger partial charge on any atom is 0.244 e. The van der Waals surface area contributed by atoms with Crippen LogP contribution in [0.2, 0.25) is 0 Å². The monoisotopic (exact) mass is 284 g/mol. The third-order valence-corrected chi connectivity index (χ3v) is 5.47. The van der Waals surface area contributed by atoms with Gasteiger partial charge < -0.3 is 5.43 Å². The van der Waals surface area contributed by atoms with Crippen LogP contribution in [0, 0.1) is 0 Å². The molecule has 0 aliphatic carbocycles. The maximum atomic E-state index is 12.6. The predicted octanol–water partition coefficient (Wildman–Crippen LogP) is 1.32. The van der Waals surface area contributed by atoms with E-state index in [1.807, 2.05) is 6.92 Å². The lowest BCUT2D eigenvalue weighted by Gasteiger charge is -2.34. The number of piperidine rings is 1. The van der Waals surface area contributed by atoms with Gasteiger partial charge in [-0.2, -0.15) is 4.31 Å². The fourth-order valence-corrected chi connectivity index (χ4v) is 4.17. The number of anilines is 1. The van der Waals surface area contributed by atoms with Crippen molar-refractivity contribution in [1.82, 2.24) is 9.29 Å². The van der Waals surface area contributed by atoms with Crippen LogP contribution in [0.15, 0.2) is 23.2 Å². The van der Waals surface area contributed by atoms with Gasteiger partial charge in [0.25, 0.3) is 0 Å². The Bertz CT molecular complexity index is 515. The summed E-state index contributed by atoms with van der Waals surface area (Å²) in [6.45, 7) is 2.62. The molecular formula is C12H20N4O2S. The van der Waals surface area contributed by atoms with Crippen molar-refractivity contribution in [3.05, 3.63) is 18.3 Å². The molecule has 1 unspecified atom stereocenters. The van der Waals surface area contributed by atoms with Gasteiger partial charge in [0.2, 0.25) is 10.0 Å². The van der Waals surface area contributed by atoms with Crippen molar-refractivity contribution >= 4 is 15.8 Å². The molecule has 7 heteroatoms. The Hall–Kier alpha value is -1.18. The first-order valence-electron chi connectivity index (χ1n) is 6.54. The summed E-state index contributed by atoms with van der Waals surface area (Å²) in [7, 11) is -3.45. The van der Waals surface area contributed by atoms with E-state index in [2.05, 4.69) is 10.4 Å². The summed E-state index contributed by atoms with van der Waals surface area (Å²) >= 11 is 0. The lowest BCUT2D eigenvalue weighted by molar-refractivity contribution is 0.246. The van der Waals surface area contributed by atoms with E-state index in [0.717, 1.165) is 25.7 Å². The Morgan fingerprint density at radius 1 is 1.47 bits per heavy atom. The van der Waals surface area contributed by atoms with Crippen LogP contribution in [-0.4, -0.2) is 30.3 Å². The highest BCUT2D eigenvalue weighted by atomic mass is 32.2. The lowest BCUT2D eigenvalue weighted by atomic mass is 10.0. The number of nitrogens with zero attached hydrogens (tertiary/aromatic N) is 2. The SMILES string of the molecule is CCC1CCCCN1S(=O)(=O)c1ccc(NN)nc1. The summed E-state index contributed by atoms with van der Waals surface area (Å²) < 4.78 is 26.8. The quantitative estimate of drug-likeness (QED) is 0.643. The predicted molar refractivity (Wildman–Crippen MR) is 73.9 cm³/mol. The molecule has 0 radical (unpaired) electrons. The lowest BCUT2D eigenvalue weighted by Crippen LogP contribution is -2.43. The van der Waals surface area contributed by atoms with Gasteiger partial charge in [0.1, 0.15) is 10.7 Å². The molecule has 1 saturated heterocycles. The number of rotatable bonds is 4. The Morgan fingerprint density at radius 3 is 2.84 bits per heavy atom. The Labute approximate surface area is 114 Å². The summed E-state index contributed by atoms with van der Waals surface area (Å²) in [4.78, 5) is 4.20. The molecule has 19 heavy (non-hydrogen) atoms. The van der Waals surface area contributed by atoms with Gasteiger partial charge in [-0.05, 0) is 31.4 Å². The summed E-state index contributed by atoms with van der Waals surface area (Å²) in [6.07, 6.45) is 5.15. The van der Waals surface area contributed by atoms with E-state index in [1.54, 1.807) is 16.4 Å². The fourth-order valence-electron chi connectivity index (χ4n) is 2.45. The smallest absolute Gasteiger partial charge is 0.244 e. The van der Waals surface area contributed by atoms with Gasteiger partial charge in [0.05, 0.1) is 0 Å². The van der Waals surface area contributed by atoms with Crippen LogP contribution in [0.3, 0.4) is 0 Å². The molecule has 1 fully saturated rings. The summed E-state index contributed by atoms with van der Waals surface area (Å²) in [5, 5.41) is 0. The van der Waals surface area contributed by atoms with E-state index in [0.29, 0.717) is 12.4 Å². The van der Waals surface area contributed by atoms with E-state index < -0.39 is 10.0 Å². The number of nitrogens with one attached hydrogen (secondary N) is 1. The fraction of sp³-hybridized carbons (Fsp3) is 0.583. The third kappa shape index (κ3) is 2.88. The number of hydrazine groups is 1. The molecule has 1 atom stereocenters. The Balaban J connectivity index is 2.29. The van der Waals surface area contributed by atoms with E-state index >= 15 is 0 Å². The van der Waals surface area contributed by atoms with Gasteiger partial charge >= 0.3 is 0 Å². The van der Waals surface area contributed by atoms with E-state index in [9.17, 15) is 8.42 Å². The standard InChI is InChI=1S/C12H20N4O2S/c1-2-10-5-3-4-8-16(10)19(17,18)11-6-7-12(15-13)14-9-11/h6-7,9-10H,2-5,8,13H2,1H3,(H,14,15). The molecule has 1 aromatic rings. The van der Waals surface area contributed by atoms with Crippen molar-refractivity contribution in [3.63, 3.8) is 0 Å². The van der Waals surface area contributed by atoms with Crippen molar-refractivity contribution < 1.29 is 8.42 Å². The molecule has 0 aromatic carbocycles. The topological polar surface area (TPSA) is 88.3 Å². The average molecular weight is 284 g/mol. The minimum Gasteiger partial charge on any atom is -0.308 e. The maximum absolute atomic E-state index is 12.6. The molecule has 0 amide bonds. The van der Waals surface area contributed by atoms with Crippen LogP contribution < -0.4 is 11.3 Å². The molecule has 1 aliphatic rings. The zero-order valence-electron chi connectivity index (χ0n) is 11.0. The zero-order valence-corrected chi connectivity index (χ0v) is 11.9. The minimum atomic E-state index is -3.45. The highest BCUT2D eigenvalue weighted by Gasteiger charge is 2.32. The van der Waals surface area contributed by atoms with Gasteiger partial charge in [-0.3, -0.25) is 0 Å². The van der Waals surface area contributed by atoms with Crippen LogP contribution >= 0.6 is 0 Å². The van der Waals surface area contributed by atoms with Gasteiger partial charge in [-0.25, -0.2) is 19.2 Å². The number of aromatic nitrogens is 1. The third-order valence-electron chi connectivity index (χ3n) is 3.54. The molecule has 1 aromatic heterocycles. The van der Waals surface area contributed by atoms with Crippen LogP contribution in [0.1, 0.15) is 32.6 Å². The van der Waals surface area contributed by atoms with Gasteiger partial charge in [-0.15, -0.1) is 0 Å². The highest BCUT2D eigenvalue weighted by molar-refractivity contribution is 7.89. The molecule has 3 N–H and O–H groups in total. The molecule has 6 nitrogen and oxygen atoms in total. The second-order valence-electron chi connectivity index (χ2n) is 4.70. The van der Waals surface area contributed by atoms with Crippen molar-refractivity contribution in [3.8, 4) is 0 Å². The second kappa shape index (κ2) is 5.85. The number of hydrogen-bond acceptors (Lipinski definition) is 5. The van der Waals surface area contributed by atoms with Crippen molar-refractivity contribution in [1.29, 1.82) is 0 Å². The highest BCUT2D eigenvalue weighted by Crippen LogP contribution is 2.26. The zero-order chi connectivity index (χ0) is 13.9. The number of nitrogen functional groups attached to an aromatic ring is 1. The number of pyridine rings is 1. The van der Waals surface area contributed by atoms with Gasteiger partial charge in [0.15, 0.2) is 0 Å². The normalized spacial score (nSPS) is 21.3. The van der Waals surface area contributed by atoms with E-state index in [1.165, 1.54) is 6.20 Å². The molecule has 106 valence electrons. The first kappa shape index (κ1) is 14.2. The van der Waals surface area contributed by atoms with Crippen molar-refractivity contribution in [2.45, 2.75) is 43.5 Å². The van der Waals surface area contributed by atoms with Crippen LogP contribution in [0.5, 0.6) is 0 Å². The molecule has 2 heterocycles. The van der Waals surface area contributed by atoms with Crippen molar-refractivity contribution in [2.24, 2.45) is 5.84 Å². The summed E-state index contributed by atoms with van der Waals surface area (Å²) in [5.74, 6) is 5.67. The number of nitrogens with two attached hydrogens (primary N) is 1. The van der Waals surface area contributed by atoms with Crippen LogP contribution in [0.4, 0.5) is 5.82 Å². The van der Waals surface area contributed by atoms with E-state index in [4.69, 9.17) is 5.84 Å². The summed E-state index contributed by atoms with van der Waals surface area (Å²) in [6, 6.07) is 3.21.